The predicted molar refractivity (Wildman–Crippen MR) is 94.6 cm³/mol. The summed E-state index contributed by atoms with van der Waals surface area (Å²) in [7, 11) is 0. The average molecular weight is 345 g/mol. The highest BCUT2D eigenvalue weighted by molar-refractivity contribution is 6.31. The summed E-state index contributed by atoms with van der Waals surface area (Å²) >= 11 is 6.07. The van der Waals surface area contributed by atoms with Crippen LogP contribution in [0.5, 0.6) is 0 Å². The van der Waals surface area contributed by atoms with Gasteiger partial charge in [0.15, 0.2) is 0 Å². The number of carbonyl (C=O) groups excluding carboxylic acids is 1. The number of aromatic amines is 1. The molecule has 6 nitrogen and oxygen atoms in total. The van der Waals surface area contributed by atoms with E-state index in [1.54, 1.807) is 25.1 Å². The zero-order chi connectivity index (χ0) is 17.4. The molecule has 2 aromatic heterocycles. The molecule has 24 heavy (non-hydrogen) atoms. The molecule has 0 aliphatic rings. The third-order valence-corrected chi connectivity index (χ3v) is 4.35. The van der Waals surface area contributed by atoms with Crippen LogP contribution >= 0.6 is 11.6 Å². The maximum atomic E-state index is 12.5. The van der Waals surface area contributed by atoms with Gasteiger partial charge in [0.1, 0.15) is 18.0 Å². The van der Waals surface area contributed by atoms with Crippen LogP contribution in [0.25, 0.3) is 11.0 Å². The number of hydrogen-bond donors (Lipinski definition) is 2. The lowest BCUT2D eigenvalue weighted by molar-refractivity contribution is -0.118. The molecule has 1 unspecified atom stereocenters. The fourth-order valence-electron chi connectivity index (χ4n) is 2.47. The van der Waals surface area contributed by atoms with Gasteiger partial charge in [-0.1, -0.05) is 17.7 Å². The highest BCUT2D eigenvalue weighted by Gasteiger charge is 2.18. The van der Waals surface area contributed by atoms with Crippen molar-refractivity contribution in [2.75, 3.05) is 5.32 Å². The fourth-order valence-corrected chi connectivity index (χ4v) is 2.65. The molecule has 1 atom stereocenters. The van der Waals surface area contributed by atoms with Crippen molar-refractivity contribution in [3.8, 4) is 0 Å². The van der Waals surface area contributed by atoms with Crippen LogP contribution in [0.1, 0.15) is 24.2 Å². The van der Waals surface area contributed by atoms with Crippen LogP contribution in [0.2, 0.25) is 5.02 Å². The maximum Gasteiger partial charge on any atom is 0.263 e. The second-order valence-electron chi connectivity index (χ2n) is 5.80. The van der Waals surface area contributed by atoms with Gasteiger partial charge in [-0.05, 0) is 44.5 Å². The molecule has 0 fully saturated rings. The first-order chi connectivity index (χ1) is 11.4. The number of hydrogen-bond acceptors (Lipinski definition) is 3. The van der Waals surface area contributed by atoms with E-state index in [9.17, 15) is 9.59 Å². The van der Waals surface area contributed by atoms with E-state index in [1.165, 1.54) is 10.9 Å². The molecule has 0 aliphatic heterocycles. The SMILES string of the molecule is Cc1cc2c(=O)n(C(C)C(=O)Nc3ccc(C)c(Cl)c3)cnc2[nH]1. The average Bonchev–Trinajstić information content (AvgIpc) is 2.92. The molecule has 0 saturated heterocycles. The van der Waals surface area contributed by atoms with E-state index in [0.717, 1.165) is 11.3 Å². The number of anilines is 1. The van der Waals surface area contributed by atoms with Gasteiger partial charge < -0.3 is 10.3 Å². The summed E-state index contributed by atoms with van der Waals surface area (Å²) in [6.07, 6.45) is 1.38. The van der Waals surface area contributed by atoms with Crippen LogP contribution in [0.3, 0.4) is 0 Å². The molecule has 0 radical (unpaired) electrons. The minimum absolute atomic E-state index is 0.256. The lowest BCUT2D eigenvalue weighted by Gasteiger charge is -2.15. The third kappa shape index (κ3) is 2.92. The number of H-pyrrole nitrogens is 1. The normalized spacial score (nSPS) is 12.3. The van der Waals surface area contributed by atoms with Crippen molar-refractivity contribution < 1.29 is 4.79 Å². The second-order valence-corrected chi connectivity index (χ2v) is 6.21. The quantitative estimate of drug-likeness (QED) is 0.765. The Bertz CT molecular complexity index is 990. The molecule has 7 heteroatoms. The Balaban J connectivity index is 1.89. The lowest BCUT2D eigenvalue weighted by atomic mass is 10.2. The number of rotatable bonds is 3. The van der Waals surface area contributed by atoms with Gasteiger partial charge in [-0.25, -0.2) is 4.98 Å². The summed E-state index contributed by atoms with van der Waals surface area (Å²) in [5.74, 6) is -0.314. The monoisotopic (exact) mass is 344 g/mol. The van der Waals surface area contributed by atoms with Gasteiger partial charge in [0.05, 0.1) is 5.39 Å². The molecular weight excluding hydrogens is 328 g/mol. The number of nitrogens with zero attached hydrogens (tertiary/aromatic N) is 2. The van der Waals surface area contributed by atoms with Crippen molar-refractivity contribution in [2.45, 2.75) is 26.8 Å². The number of nitrogens with one attached hydrogen (secondary N) is 2. The first-order valence-corrected chi connectivity index (χ1v) is 7.88. The zero-order valence-corrected chi connectivity index (χ0v) is 14.3. The largest absolute Gasteiger partial charge is 0.343 e. The van der Waals surface area contributed by atoms with Crippen LogP contribution in [-0.4, -0.2) is 20.4 Å². The second kappa shape index (κ2) is 6.13. The van der Waals surface area contributed by atoms with Crippen LogP contribution in [-0.2, 0) is 4.79 Å². The minimum Gasteiger partial charge on any atom is -0.343 e. The summed E-state index contributed by atoms with van der Waals surface area (Å²) in [5.41, 5.74) is 2.62. The van der Waals surface area contributed by atoms with E-state index in [1.807, 2.05) is 19.9 Å². The summed E-state index contributed by atoms with van der Waals surface area (Å²) in [5, 5.41) is 3.81. The summed E-state index contributed by atoms with van der Waals surface area (Å²) in [4.78, 5) is 32.2. The van der Waals surface area contributed by atoms with Crippen molar-refractivity contribution in [3.05, 3.63) is 57.2 Å². The van der Waals surface area contributed by atoms with Crippen molar-refractivity contribution in [2.24, 2.45) is 0 Å². The van der Waals surface area contributed by atoms with Crippen LogP contribution < -0.4 is 10.9 Å². The lowest BCUT2D eigenvalue weighted by Crippen LogP contribution is -2.31. The Morgan fingerprint density at radius 2 is 2.08 bits per heavy atom. The van der Waals surface area contributed by atoms with Gasteiger partial charge in [-0.2, -0.15) is 0 Å². The van der Waals surface area contributed by atoms with E-state index >= 15 is 0 Å². The third-order valence-electron chi connectivity index (χ3n) is 3.94. The number of carbonyl (C=O) groups is 1. The summed E-state index contributed by atoms with van der Waals surface area (Å²) in [6.45, 7) is 5.39. The Kier molecular flexibility index (Phi) is 4.15. The van der Waals surface area contributed by atoms with Gasteiger partial charge in [0.25, 0.3) is 5.56 Å². The highest BCUT2D eigenvalue weighted by Crippen LogP contribution is 2.21. The number of aryl methyl sites for hydroxylation is 2. The number of benzene rings is 1. The predicted octanol–water partition coefficient (Wildman–Crippen LogP) is 3.19. The van der Waals surface area contributed by atoms with Gasteiger partial charge in [-0.3, -0.25) is 14.2 Å². The first kappa shape index (κ1) is 16.3. The molecule has 3 rings (SSSR count). The zero-order valence-electron chi connectivity index (χ0n) is 13.6. The number of fused-ring (bicyclic) bond motifs is 1. The molecule has 2 heterocycles. The number of halogens is 1. The van der Waals surface area contributed by atoms with E-state index in [0.29, 0.717) is 21.7 Å². The minimum atomic E-state index is -0.704. The molecular formula is C17H17ClN4O2. The van der Waals surface area contributed by atoms with Gasteiger partial charge >= 0.3 is 0 Å². The van der Waals surface area contributed by atoms with Crippen LogP contribution in [0, 0.1) is 13.8 Å². The van der Waals surface area contributed by atoms with Crippen molar-refractivity contribution >= 4 is 34.2 Å². The van der Waals surface area contributed by atoms with Crippen LogP contribution in [0.15, 0.2) is 35.4 Å². The smallest absolute Gasteiger partial charge is 0.263 e. The van der Waals surface area contributed by atoms with Crippen molar-refractivity contribution in [1.29, 1.82) is 0 Å². The number of amides is 1. The highest BCUT2D eigenvalue weighted by atomic mass is 35.5. The van der Waals surface area contributed by atoms with Crippen molar-refractivity contribution in [3.63, 3.8) is 0 Å². The topological polar surface area (TPSA) is 79.8 Å². The summed E-state index contributed by atoms with van der Waals surface area (Å²) < 4.78 is 1.32. The molecule has 124 valence electrons. The molecule has 1 amide bonds. The molecule has 0 bridgehead atoms. The molecule has 0 spiro atoms. The molecule has 1 aromatic carbocycles. The van der Waals surface area contributed by atoms with E-state index in [-0.39, 0.29) is 11.5 Å². The van der Waals surface area contributed by atoms with E-state index in [4.69, 9.17) is 11.6 Å². The maximum absolute atomic E-state index is 12.5. The van der Waals surface area contributed by atoms with Gasteiger partial charge in [0.2, 0.25) is 5.91 Å². The first-order valence-electron chi connectivity index (χ1n) is 7.50. The Labute approximate surface area is 143 Å². The van der Waals surface area contributed by atoms with E-state index in [2.05, 4.69) is 15.3 Å². The molecule has 3 aromatic rings. The van der Waals surface area contributed by atoms with Gasteiger partial charge in [0, 0.05) is 16.4 Å². The standard InChI is InChI=1S/C17H17ClN4O2/c1-9-4-5-12(7-14(9)18)21-16(23)11(3)22-8-19-15-13(17(22)24)6-10(2)20-15/h4-8,11,20H,1-3H3,(H,21,23). The summed E-state index contributed by atoms with van der Waals surface area (Å²) in [6, 6.07) is 6.30. The fraction of sp³-hybridized carbons (Fsp3) is 0.235. The Morgan fingerprint density at radius 3 is 2.79 bits per heavy atom. The van der Waals surface area contributed by atoms with Gasteiger partial charge in [-0.15, -0.1) is 0 Å². The molecule has 0 saturated carbocycles. The molecule has 0 aliphatic carbocycles. The Hall–Kier alpha value is -2.60. The Morgan fingerprint density at radius 1 is 1.33 bits per heavy atom. The van der Waals surface area contributed by atoms with E-state index < -0.39 is 6.04 Å². The number of aromatic nitrogens is 3. The van der Waals surface area contributed by atoms with Crippen LogP contribution in [0.4, 0.5) is 5.69 Å². The van der Waals surface area contributed by atoms with Crippen molar-refractivity contribution in [1.82, 2.24) is 14.5 Å². The molecule has 2 N–H and O–H groups in total.